The summed E-state index contributed by atoms with van der Waals surface area (Å²) in [6, 6.07) is 18.5. The molecule has 0 aliphatic heterocycles. The van der Waals surface area contributed by atoms with Crippen molar-refractivity contribution in [2.45, 2.75) is 32.7 Å². The number of carbonyl (C=O) groups is 1. The Morgan fingerprint density at radius 3 is 2.37 bits per heavy atom. The zero-order valence-electron chi connectivity index (χ0n) is 16.8. The van der Waals surface area contributed by atoms with Gasteiger partial charge in [-0.1, -0.05) is 61.5 Å². The fourth-order valence-corrected chi connectivity index (χ4v) is 4.62. The molecule has 0 saturated heterocycles. The monoisotopic (exact) mass is 417 g/mol. The molecule has 2 aromatic carbocycles. The second kappa shape index (κ2) is 8.63. The van der Waals surface area contributed by atoms with E-state index in [1.54, 1.807) is 4.57 Å². The van der Waals surface area contributed by atoms with E-state index in [9.17, 15) is 9.59 Å². The van der Waals surface area contributed by atoms with Gasteiger partial charge in [0.05, 0.1) is 5.39 Å². The lowest BCUT2D eigenvalue weighted by Gasteiger charge is -2.11. The number of rotatable bonds is 7. The summed E-state index contributed by atoms with van der Waals surface area (Å²) in [6.07, 6.45) is 1.44. The Kier molecular flexibility index (Phi) is 5.77. The smallest absolute Gasteiger partial charge is 0.262 e. The van der Waals surface area contributed by atoms with Gasteiger partial charge in [0, 0.05) is 30.3 Å². The predicted molar refractivity (Wildman–Crippen MR) is 123 cm³/mol. The average molecular weight is 418 g/mol. The van der Waals surface area contributed by atoms with E-state index in [4.69, 9.17) is 10.7 Å². The quantitative estimate of drug-likeness (QED) is 0.477. The highest BCUT2D eigenvalue weighted by Gasteiger charge is 2.16. The van der Waals surface area contributed by atoms with Gasteiger partial charge in [0.15, 0.2) is 0 Å². The van der Waals surface area contributed by atoms with Crippen molar-refractivity contribution in [3.63, 3.8) is 0 Å². The average Bonchev–Trinajstić information content (AvgIpc) is 3.20. The van der Waals surface area contributed by atoms with E-state index in [0.717, 1.165) is 32.9 Å². The lowest BCUT2D eigenvalue weighted by Crippen LogP contribution is -2.25. The minimum Gasteiger partial charge on any atom is -0.370 e. The van der Waals surface area contributed by atoms with Crippen LogP contribution in [-0.4, -0.2) is 15.5 Å². The van der Waals surface area contributed by atoms with Gasteiger partial charge in [0.1, 0.15) is 10.7 Å². The van der Waals surface area contributed by atoms with Crippen LogP contribution in [0.15, 0.2) is 64.8 Å². The molecule has 0 spiro atoms. The maximum Gasteiger partial charge on any atom is 0.262 e. The molecule has 0 bridgehead atoms. The van der Waals surface area contributed by atoms with Crippen LogP contribution in [0.2, 0.25) is 0 Å². The topological polar surface area (TPSA) is 78.0 Å². The third kappa shape index (κ3) is 3.91. The molecule has 0 aliphatic carbocycles. The van der Waals surface area contributed by atoms with Crippen LogP contribution < -0.4 is 11.3 Å². The Labute approximate surface area is 178 Å². The first kappa shape index (κ1) is 20.0. The fourth-order valence-electron chi connectivity index (χ4n) is 3.66. The number of hydrogen-bond acceptors (Lipinski definition) is 4. The van der Waals surface area contributed by atoms with Crippen LogP contribution in [0.1, 0.15) is 25.6 Å². The van der Waals surface area contributed by atoms with E-state index < -0.39 is 0 Å². The Morgan fingerprint density at radius 2 is 1.70 bits per heavy atom. The van der Waals surface area contributed by atoms with Crippen molar-refractivity contribution < 1.29 is 4.79 Å². The second-order valence-corrected chi connectivity index (χ2v) is 8.04. The van der Waals surface area contributed by atoms with Gasteiger partial charge in [-0.3, -0.25) is 14.2 Å². The summed E-state index contributed by atoms with van der Waals surface area (Å²) in [5.41, 5.74) is 9.39. The molecule has 0 atom stereocenters. The number of aromatic nitrogens is 2. The van der Waals surface area contributed by atoms with Gasteiger partial charge >= 0.3 is 0 Å². The van der Waals surface area contributed by atoms with E-state index in [0.29, 0.717) is 24.8 Å². The number of fused-ring (bicyclic) bond motifs is 1. The summed E-state index contributed by atoms with van der Waals surface area (Å²) in [4.78, 5) is 29.9. The lowest BCUT2D eigenvalue weighted by molar-refractivity contribution is -0.118. The van der Waals surface area contributed by atoms with Crippen LogP contribution in [0.25, 0.3) is 32.5 Å². The molecule has 30 heavy (non-hydrogen) atoms. The molecule has 0 radical (unpaired) electrons. The summed E-state index contributed by atoms with van der Waals surface area (Å²) in [6.45, 7) is 2.42. The molecular weight excluding hydrogens is 394 g/mol. The molecule has 0 unspecified atom stereocenters. The van der Waals surface area contributed by atoms with Gasteiger partial charge in [0.25, 0.3) is 5.56 Å². The second-order valence-electron chi connectivity index (χ2n) is 7.18. The van der Waals surface area contributed by atoms with Crippen molar-refractivity contribution in [3.8, 4) is 22.3 Å². The zero-order chi connectivity index (χ0) is 21.1. The largest absolute Gasteiger partial charge is 0.370 e. The number of nitrogens with two attached hydrogens (primary N) is 1. The zero-order valence-corrected chi connectivity index (χ0v) is 17.6. The van der Waals surface area contributed by atoms with Crippen molar-refractivity contribution in [3.05, 3.63) is 76.2 Å². The minimum absolute atomic E-state index is 0.0512. The molecule has 6 heteroatoms. The molecule has 2 heterocycles. The Balaban J connectivity index is 1.75. The number of benzene rings is 2. The van der Waals surface area contributed by atoms with Crippen molar-refractivity contribution in [2.24, 2.45) is 5.73 Å². The lowest BCUT2D eigenvalue weighted by atomic mass is 10.0. The molecular formula is C24H23N3O2S. The molecule has 152 valence electrons. The van der Waals surface area contributed by atoms with E-state index in [1.165, 1.54) is 11.3 Å². The van der Waals surface area contributed by atoms with Gasteiger partial charge in [-0.25, -0.2) is 4.98 Å². The summed E-state index contributed by atoms with van der Waals surface area (Å²) >= 11 is 1.49. The number of primary amides is 1. The van der Waals surface area contributed by atoms with Crippen molar-refractivity contribution in [1.29, 1.82) is 0 Å². The van der Waals surface area contributed by atoms with Crippen LogP contribution in [0.4, 0.5) is 0 Å². The summed E-state index contributed by atoms with van der Waals surface area (Å²) in [5, 5.41) is 2.65. The molecule has 0 fully saturated rings. The Hall–Kier alpha value is -3.25. The number of amides is 1. The highest BCUT2D eigenvalue weighted by atomic mass is 32.1. The summed E-state index contributed by atoms with van der Waals surface area (Å²) in [7, 11) is 0. The van der Waals surface area contributed by atoms with Crippen LogP contribution in [0, 0.1) is 0 Å². The number of nitrogens with zero attached hydrogens (tertiary/aromatic N) is 2. The molecule has 4 rings (SSSR count). The number of aryl methyl sites for hydroxylation is 1. The number of thiophene rings is 1. The van der Waals surface area contributed by atoms with Gasteiger partial charge in [-0.15, -0.1) is 11.3 Å². The SMILES string of the molecule is CCc1nc2scc(-c3ccc(-c4ccccc4)cc3)c2c(=O)n1CCCC(N)=O. The van der Waals surface area contributed by atoms with Crippen molar-refractivity contribution in [2.75, 3.05) is 0 Å². The van der Waals surface area contributed by atoms with Gasteiger partial charge in [-0.2, -0.15) is 0 Å². The first-order valence-electron chi connectivity index (χ1n) is 10.0. The Bertz CT molecular complexity index is 1240. The summed E-state index contributed by atoms with van der Waals surface area (Å²) in [5.74, 6) is 0.384. The molecule has 1 amide bonds. The predicted octanol–water partition coefficient (Wildman–Crippen LogP) is 4.62. The highest BCUT2D eigenvalue weighted by molar-refractivity contribution is 7.17. The molecule has 2 N–H and O–H groups in total. The maximum absolute atomic E-state index is 13.3. The highest BCUT2D eigenvalue weighted by Crippen LogP contribution is 2.32. The van der Waals surface area contributed by atoms with E-state index in [-0.39, 0.29) is 17.9 Å². The first-order valence-corrected chi connectivity index (χ1v) is 10.9. The van der Waals surface area contributed by atoms with Gasteiger partial charge < -0.3 is 5.73 Å². The van der Waals surface area contributed by atoms with Crippen molar-refractivity contribution in [1.82, 2.24) is 9.55 Å². The molecule has 4 aromatic rings. The number of carbonyl (C=O) groups excluding carboxylic acids is 1. The molecule has 2 aromatic heterocycles. The van der Waals surface area contributed by atoms with E-state index >= 15 is 0 Å². The molecule has 0 aliphatic rings. The van der Waals surface area contributed by atoms with Gasteiger partial charge in [0.2, 0.25) is 5.91 Å². The van der Waals surface area contributed by atoms with Crippen LogP contribution >= 0.6 is 11.3 Å². The number of hydrogen-bond donors (Lipinski definition) is 1. The maximum atomic E-state index is 13.3. The minimum atomic E-state index is -0.357. The normalized spacial score (nSPS) is 11.1. The first-order chi connectivity index (χ1) is 14.6. The van der Waals surface area contributed by atoms with Gasteiger partial charge in [-0.05, 0) is 23.1 Å². The van der Waals surface area contributed by atoms with Crippen LogP contribution in [0.5, 0.6) is 0 Å². The van der Waals surface area contributed by atoms with Crippen molar-refractivity contribution >= 4 is 27.5 Å². The fraction of sp³-hybridized carbons (Fsp3) is 0.208. The molecule has 5 nitrogen and oxygen atoms in total. The summed E-state index contributed by atoms with van der Waals surface area (Å²) < 4.78 is 1.69. The Morgan fingerprint density at radius 1 is 1.03 bits per heavy atom. The van der Waals surface area contributed by atoms with E-state index in [2.05, 4.69) is 36.4 Å². The third-order valence-electron chi connectivity index (χ3n) is 5.20. The standard InChI is InChI=1S/C24H23N3O2S/c1-2-21-26-23-22(24(29)27(21)14-6-9-20(25)28)19(15-30-23)18-12-10-17(11-13-18)16-7-4-3-5-8-16/h3-5,7-8,10-13,15H,2,6,9,14H2,1H3,(H2,25,28). The van der Waals surface area contributed by atoms with Crippen LogP contribution in [0.3, 0.4) is 0 Å². The van der Waals surface area contributed by atoms with Crippen LogP contribution in [-0.2, 0) is 17.8 Å². The third-order valence-corrected chi connectivity index (χ3v) is 6.07. The molecule has 0 saturated carbocycles. The van der Waals surface area contributed by atoms with E-state index in [1.807, 2.05) is 30.5 Å².